The Balaban J connectivity index is 2.53. The molecule has 1 aliphatic heterocycles. The first-order chi connectivity index (χ1) is 4.16. The maximum absolute atomic E-state index is 5.08. The van der Waals surface area contributed by atoms with Gasteiger partial charge in [-0.25, -0.2) is 0 Å². The van der Waals surface area contributed by atoms with Crippen LogP contribution in [0.25, 0.3) is 0 Å². The number of nitrogens with one attached hydrogen (secondary N) is 1. The second-order valence-electron chi connectivity index (χ2n) is 2.58. The van der Waals surface area contributed by atoms with Gasteiger partial charge in [0.1, 0.15) is 0 Å². The SMILES string of the molecule is CNC1(C)CC(C)=NO1. The van der Waals surface area contributed by atoms with Crippen molar-refractivity contribution >= 4 is 5.71 Å². The highest BCUT2D eigenvalue weighted by molar-refractivity contribution is 5.83. The summed E-state index contributed by atoms with van der Waals surface area (Å²) in [6, 6.07) is 0. The molecule has 1 N–H and O–H groups in total. The van der Waals surface area contributed by atoms with E-state index in [0.29, 0.717) is 0 Å². The van der Waals surface area contributed by atoms with E-state index in [1.807, 2.05) is 20.9 Å². The molecule has 1 rings (SSSR count). The molecule has 1 atom stereocenters. The third-order valence-corrected chi connectivity index (χ3v) is 1.52. The largest absolute Gasteiger partial charge is 0.373 e. The van der Waals surface area contributed by atoms with E-state index in [1.165, 1.54) is 0 Å². The normalized spacial score (nSPS) is 33.9. The van der Waals surface area contributed by atoms with Crippen molar-refractivity contribution < 1.29 is 4.84 Å². The van der Waals surface area contributed by atoms with Crippen molar-refractivity contribution in [2.24, 2.45) is 5.16 Å². The van der Waals surface area contributed by atoms with Gasteiger partial charge in [-0.05, 0) is 20.9 Å². The number of hydrogen-bond acceptors (Lipinski definition) is 3. The fourth-order valence-electron chi connectivity index (χ4n) is 0.865. The van der Waals surface area contributed by atoms with Crippen LogP contribution in [0.4, 0.5) is 0 Å². The highest BCUT2D eigenvalue weighted by atomic mass is 16.7. The first-order valence-electron chi connectivity index (χ1n) is 3.07. The summed E-state index contributed by atoms with van der Waals surface area (Å²) in [5, 5.41) is 6.85. The molecule has 0 radical (unpaired) electrons. The third-order valence-electron chi connectivity index (χ3n) is 1.52. The lowest BCUT2D eigenvalue weighted by Gasteiger charge is -2.19. The first kappa shape index (κ1) is 6.55. The van der Waals surface area contributed by atoms with Crippen LogP contribution in [0.2, 0.25) is 0 Å². The Bertz CT molecular complexity index is 144. The molecule has 0 spiro atoms. The predicted molar refractivity (Wildman–Crippen MR) is 36.3 cm³/mol. The number of hydrogen-bond donors (Lipinski definition) is 1. The van der Waals surface area contributed by atoms with Crippen molar-refractivity contribution in [3.63, 3.8) is 0 Å². The van der Waals surface area contributed by atoms with Crippen LogP contribution in [-0.2, 0) is 4.84 Å². The fourth-order valence-corrected chi connectivity index (χ4v) is 0.865. The summed E-state index contributed by atoms with van der Waals surface area (Å²) >= 11 is 0. The quantitative estimate of drug-likeness (QED) is 0.564. The highest BCUT2D eigenvalue weighted by Gasteiger charge is 2.29. The zero-order valence-corrected chi connectivity index (χ0v) is 6.06. The molecule has 0 aromatic rings. The van der Waals surface area contributed by atoms with Gasteiger partial charge in [-0.1, -0.05) is 5.16 Å². The second-order valence-corrected chi connectivity index (χ2v) is 2.58. The Labute approximate surface area is 55.1 Å². The van der Waals surface area contributed by atoms with E-state index in [9.17, 15) is 0 Å². The smallest absolute Gasteiger partial charge is 0.191 e. The summed E-state index contributed by atoms with van der Waals surface area (Å²) < 4.78 is 0. The molecule has 3 heteroatoms. The second kappa shape index (κ2) is 1.99. The topological polar surface area (TPSA) is 33.6 Å². The molecule has 3 nitrogen and oxygen atoms in total. The molecule has 1 unspecified atom stereocenters. The number of nitrogens with zero attached hydrogens (tertiary/aromatic N) is 1. The van der Waals surface area contributed by atoms with Gasteiger partial charge in [0.05, 0.1) is 5.71 Å². The molecule has 1 heterocycles. The predicted octanol–water partition coefficient (Wildman–Crippen LogP) is 0.718. The van der Waals surface area contributed by atoms with E-state index in [-0.39, 0.29) is 5.72 Å². The monoisotopic (exact) mass is 128 g/mol. The van der Waals surface area contributed by atoms with Gasteiger partial charge in [0.2, 0.25) is 0 Å². The molecule has 1 aliphatic rings. The minimum absolute atomic E-state index is 0.246. The van der Waals surface area contributed by atoms with Crippen LogP contribution in [-0.4, -0.2) is 18.5 Å². The van der Waals surface area contributed by atoms with E-state index in [2.05, 4.69) is 10.5 Å². The minimum Gasteiger partial charge on any atom is -0.373 e. The van der Waals surface area contributed by atoms with Crippen molar-refractivity contribution in [3.05, 3.63) is 0 Å². The fraction of sp³-hybridized carbons (Fsp3) is 0.833. The molecule has 0 aliphatic carbocycles. The summed E-state index contributed by atoms with van der Waals surface area (Å²) in [6.07, 6.45) is 0.878. The van der Waals surface area contributed by atoms with E-state index in [1.54, 1.807) is 0 Å². The van der Waals surface area contributed by atoms with Crippen molar-refractivity contribution in [1.29, 1.82) is 0 Å². The molecule has 0 bridgehead atoms. The van der Waals surface area contributed by atoms with E-state index in [4.69, 9.17) is 4.84 Å². The molecule has 0 fully saturated rings. The van der Waals surface area contributed by atoms with Crippen LogP contribution in [0.3, 0.4) is 0 Å². The summed E-state index contributed by atoms with van der Waals surface area (Å²) in [4.78, 5) is 5.08. The molecule has 0 saturated carbocycles. The van der Waals surface area contributed by atoms with Crippen molar-refractivity contribution in [2.75, 3.05) is 7.05 Å². The molecule has 0 aromatic heterocycles. The highest BCUT2D eigenvalue weighted by Crippen LogP contribution is 2.18. The van der Waals surface area contributed by atoms with Crippen LogP contribution < -0.4 is 5.32 Å². The van der Waals surface area contributed by atoms with E-state index < -0.39 is 0 Å². The summed E-state index contributed by atoms with van der Waals surface area (Å²) in [5.41, 5.74) is 0.802. The lowest BCUT2D eigenvalue weighted by atomic mass is 10.1. The summed E-state index contributed by atoms with van der Waals surface area (Å²) in [7, 11) is 1.87. The van der Waals surface area contributed by atoms with Crippen LogP contribution in [0.1, 0.15) is 20.3 Å². The van der Waals surface area contributed by atoms with Gasteiger partial charge in [0.15, 0.2) is 5.72 Å². The van der Waals surface area contributed by atoms with Gasteiger partial charge in [-0.15, -0.1) is 0 Å². The van der Waals surface area contributed by atoms with Gasteiger partial charge in [0, 0.05) is 6.42 Å². The zero-order valence-electron chi connectivity index (χ0n) is 6.06. The first-order valence-corrected chi connectivity index (χ1v) is 3.07. The van der Waals surface area contributed by atoms with E-state index in [0.717, 1.165) is 12.1 Å². The van der Waals surface area contributed by atoms with Gasteiger partial charge in [-0.2, -0.15) is 0 Å². The Morgan fingerprint density at radius 1 is 1.78 bits per heavy atom. The van der Waals surface area contributed by atoms with Gasteiger partial charge in [0.25, 0.3) is 0 Å². The lowest BCUT2D eigenvalue weighted by Crippen LogP contribution is -2.39. The molecular weight excluding hydrogens is 116 g/mol. The molecule has 52 valence electrons. The molecule has 0 amide bonds. The van der Waals surface area contributed by atoms with Crippen LogP contribution in [0.15, 0.2) is 5.16 Å². The van der Waals surface area contributed by atoms with Crippen LogP contribution in [0.5, 0.6) is 0 Å². The number of rotatable bonds is 1. The third kappa shape index (κ3) is 1.21. The summed E-state index contributed by atoms with van der Waals surface area (Å²) in [5.74, 6) is 0. The Morgan fingerprint density at radius 3 is 2.67 bits per heavy atom. The van der Waals surface area contributed by atoms with Crippen LogP contribution >= 0.6 is 0 Å². The van der Waals surface area contributed by atoms with Gasteiger partial charge in [-0.3, -0.25) is 5.32 Å². The van der Waals surface area contributed by atoms with Crippen molar-refractivity contribution in [2.45, 2.75) is 26.0 Å². The average molecular weight is 128 g/mol. The van der Waals surface area contributed by atoms with E-state index >= 15 is 0 Å². The average Bonchev–Trinajstić information content (AvgIpc) is 2.13. The Kier molecular flexibility index (Phi) is 1.45. The Morgan fingerprint density at radius 2 is 2.44 bits per heavy atom. The van der Waals surface area contributed by atoms with Crippen molar-refractivity contribution in [1.82, 2.24) is 5.32 Å². The maximum atomic E-state index is 5.08. The van der Waals surface area contributed by atoms with Gasteiger partial charge < -0.3 is 4.84 Å². The Hall–Kier alpha value is -0.570. The standard InChI is InChI=1S/C6H12N2O/c1-5-4-6(2,7-3)9-8-5/h7H,4H2,1-3H3. The molecule has 0 aromatic carbocycles. The van der Waals surface area contributed by atoms with Crippen LogP contribution in [0, 0.1) is 0 Å². The molecular formula is C6H12N2O. The minimum atomic E-state index is -0.246. The summed E-state index contributed by atoms with van der Waals surface area (Å²) in [6.45, 7) is 3.94. The van der Waals surface area contributed by atoms with Gasteiger partial charge >= 0.3 is 0 Å². The molecule has 9 heavy (non-hydrogen) atoms. The van der Waals surface area contributed by atoms with Crippen molar-refractivity contribution in [3.8, 4) is 0 Å². The maximum Gasteiger partial charge on any atom is 0.191 e. The molecule has 0 saturated heterocycles. The number of oxime groups is 1. The zero-order chi connectivity index (χ0) is 6.91. The lowest BCUT2D eigenvalue weighted by molar-refractivity contribution is -0.0247.